The lowest BCUT2D eigenvalue weighted by atomic mass is 9.66. The Hall–Kier alpha value is -0.380. The molecule has 92 valence electrons. The van der Waals surface area contributed by atoms with E-state index in [1.807, 2.05) is 0 Å². The van der Waals surface area contributed by atoms with Gasteiger partial charge in [-0.1, -0.05) is 19.4 Å². The molecule has 0 unspecified atom stereocenters. The average Bonchev–Trinajstić information content (AvgIpc) is 2.73. The summed E-state index contributed by atoms with van der Waals surface area (Å²) in [4.78, 5) is 0. The molecule has 0 aromatic heterocycles. The Bertz CT molecular complexity index is 258. The van der Waals surface area contributed by atoms with Crippen LogP contribution in [0.25, 0.3) is 0 Å². The Morgan fingerprint density at radius 3 is 2.56 bits per heavy atom. The highest BCUT2D eigenvalue weighted by Crippen LogP contribution is 2.51. The molecule has 1 aliphatic carbocycles. The van der Waals surface area contributed by atoms with E-state index in [9.17, 15) is 5.11 Å². The summed E-state index contributed by atoms with van der Waals surface area (Å²) in [6.45, 7) is 7.09. The number of hydrogen-bond acceptors (Lipinski definition) is 3. The summed E-state index contributed by atoms with van der Waals surface area (Å²) in [6, 6.07) is 0. The predicted molar refractivity (Wildman–Crippen MR) is 62.0 cm³/mol. The van der Waals surface area contributed by atoms with E-state index in [4.69, 9.17) is 9.47 Å². The quantitative estimate of drug-likeness (QED) is 0.750. The van der Waals surface area contributed by atoms with Gasteiger partial charge in [0.05, 0.1) is 19.3 Å². The Labute approximate surface area is 97.4 Å². The van der Waals surface area contributed by atoms with Crippen LogP contribution in [0.2, 0.25) is 0 Å². The molecule has 0 amide bonds. The maximum Gasteiger partial charge on any atom is 0.176 e. The van der Waals surface area contributed by atoms with Crippen LogP contribution < -0.4 is 0 Å². The van der Waals surface area contributed by atoms with E-state index in [0.717, 1.165) is 25.7 Å². The lowest BCUT2D eigenvalue weighted by molar-refractivity contribution is -0.275. The van der Waals surface area contributed by atoms with Crippen molar-refractivity contribution in [2.75, 3.05) is 13.2 Å². The highest BCUT2D eigenvalue weighted by Gasteiger charge is 2.57. The Kier molecular flexibility index (Phi) is 3.38. The first-order valence-corrected chi connectivity index (χ1v) is 6.21. The van der Waals surface area contributed by atoms with E-state index in [1.54, 1.807) is 6.08 Å². The molecule has 1 saturated heterocycles. The first kappa shape index (κ1) is 12.1. The van der Waals surface area contributed by atoms with Gasteiger partial charge in [0.15, 0.2) is 5.79 Å². The van der Waals surface area contributed by atoms with Gasteiger partial charge in [0.1, 0.15) is 0 Å². The molecule has 1 spiro atoms. The van der Waals surface area contributed by atoms with E-state index in [-0.39, 0.29) is 5.41 Å². The van der Waals surface area contributed by atoms with Gasteiger partial charge in [-0.2, -0.15) is 0 Å². The van der Waals surface area contributed by atoms with Gasteiger partial charge < -0.3 is 14.6 Å². The molecule has 2 fully saturated rings. The van der Waals surface area contributed by atoms with Crippen LogP contribution in [0.15, 0.2) is 12.7 Å². The molecule has 0 bridgehead atoms. The lowest BCUT2D eigenvalue weighted by Gasteiger charge is -2.50. The highest BCUT2D eigenvalue weighted by atomic mass is 16.7. The Morgan fingerprint density at radius 1 is 1.31 bits per heavy atom. The van der Waals surface area contributed by atoms with Crippen LogP contribution in [0.3, 0.4) is 0 Å². The van der Waals surface area contributed by atoms with Crippen LogP contribution in [-0.4, -0.2) is 30.2 Å². The second-order valence-corrected chi connectivity index (χ2v) is 5.11. The number of rotatable bonds is 3. The van der Waals surface area contributed by atoms with E-state index in [2.05, 4.69) is 13.5 Å². The maximum absolute atomic E-state index is 10.3. The molecule has 1 N–H and O–H groups in total. The largest absolute Gasteiger partial charge is 0.392 e. The van der Waals surface area contributed by atoms with Crippen molar-refractivity contribution in [3.05, 3.63) is 12.7 Å². The molecule has 3 heteroatoms. The molecule has 0 aromatic rings. The topological polar surface area (TPSA) is 38.7 Å². The van der Waals surface area contributed by atoms with Gasteiger partial charge in [0, 0.05) is 11.8 Å². The fourth-order valence-electron chi connectivity index (χ4n) is 3.09. The third-order valence-corrected chi connectivity index (χ3v) is 4.20. The van der Waals surface area contributed by atoms with Crippen molar-refractivity contribution in [1.82, 2.24) is 0 Å². The van der Waals surface area contributed by atoms with Crippen molar-refractivity contribution in [1.29, 1.82) is 0 Å². The molecular weight excluding hydrogens is 204 g/mol. The molecule has 1 aliphatic heterocycles. The molecule has 0 aromatic carbocycles. The van der Waals surface area contributed by atoms with Crippen LogP contribution in [0, 0.1) is 5.41 Å². The van der Waals surface area contributed by atoms with Crippen molar-refractivity contribution < 1.29 is 14.6 Å². The molecule has 16 heavy (non-hydrogen) atoms. The van der Waals surface area contributed by atoms with Crippen molar-refractivity contribution in [3.8, 4) is 0 Å². The fourth-order valence-corrected chi connectivity index (χ4v) is 3.09. The van der Waals surface area contributed by atoms with E-state index >= 15 is 0 Å². The zero-order chi connectivity index (χ0) is 11.6. The molecule has 1 heterocycles. The number of ether oxygens (including phenoxy) is 2. The summed E-state index contributed by atoms with van der Waals surface area (Å²) in [5.41, 5.74) is -0.296. The van der Waals surface area contributed by atoms with Gasteiger partial charge in [-0.25, -0.2) is 0 Å². The van der Waals surface area contributed by atoms with Crippen LogP contribution >= 0.6 is 0 Å². The van der Waals surface area contributed by atoms with Gasteiger partial charge in [-0.05, 0) is 19.3 Å². The molecule has 2 atom stereocenters. The standard InChI is InChI=1S/C13H22O3/c1-3-6-11(14)12(2)7-4-5-8-13(12)15-9-10-16-13/h3,11,14H,1,4-10H2,2H3/t11-,12-/m1/s1. The highest BCUT2D eigenvalue weighted by molar-refractivity contribution is 5.01. The Morgan fingerprint density at radius 2 is 1.94 bits per heavy atom. The minimum atomic E-state index is -0.548. The monoisotopic (exact) mass is 226 g/mol. The minimum absolute atomic E-state index is 0.296. The zero-order valence-electron chi connectivity index (χ0n) is 10.1. The van der Waals surface area contributed by atoms with Crippen LogP contribution in [-0.2, 0) is 9.47 Å². The molecule has 2 aliphatic rings. The SMILES string of the molecule is C=CC[C@@H](O)[C@@]1(C)CCCCC12OCCO2. The van der Waals surface area contributed by atoms with Crippen molar-refractivity contribution >= 4 is 0 Å². The predicted octanol–water partition coefficient (Wildman–Crippen LogP) is 2.25. The number of aliphatic hydroxyl groups is 1. The van der Waals surface area contributed by atoms with E-state index in [1.165, 1.54) is 0 Å². The smallest absolute Gasteiger partial charge is 0.176 e. The Balaban J connectivity index is 2.23. The number of hydrogen-bond donors (Lipinski definition) is 1. The summed E-state index contributed by atoms with van der Waals surface area (Å²) < 4.78 is 11.7. The molecular formula is C13H22O3. The van der Waals surface area contributed by atoms with E-state index in [0.29, 0.717) is 19.6 Å². The molecule has 2 rings (SSSR count). The summed E-state index contributed by atoms with van der Waals surface area (Å²) in [5, 5.41) is 10.3. The molecule has 1 saturated carbocycles. The fraction of sp³-hybridized carbons (Fsp3) is 0.846. The van der Waals surface area contributed by atoms with Crippen LogP contribution in [0.1, 0.15) is 39.0 Å². The summed E-state index contributed by atoms with van der Waals surface area (Å²) >= 11 is 0. The average molecular weight is 226 g/mol. The van der Waals surface area contributed by atoms with Gasteiger partial charge in [0.2, 0.25) is 0 Å². The van der Waals surface area contributed by atoms with Crippen molar-refractivity contribution in [3.63, 3.8) is 0 Å². The lowest BCUT2D eigenvalue weighted by Crippen LogP contribution is -2.56. The van der Waals surface area contributed by atoms with Crippen LogP contribution in [0.4, 0.5) is 0 Å². The summed E-state index contributed by atoms with van der Waals surface area (Å²) in [7, 11) is 0. The molecule has 0 radical (unpaired) electrons. The first-order valence-electron chi connectivity index (χ1n) is 6.21. The minimum Gasteiger partial charge on any atom is -0.392 e. The third-order valence-electron chi connectivity index (χ3n) is 4.20. The van der Waals surface area contributed by atoms with Gasteiger partial charge >= 0.3 is 0 Å². The number of aliphatic hydroxyl groups excluding tert-OH is 1. The second kappa shape index (κ2) is 4.47. The third kappa shape index (κ3) is 1.71. The summed E-state index contributed by atoms with van der Waals surface area (Å²) in [6.07, 6.45) is 6.07. The summed E-state index contributed by atoms with van der Waals surface area (Å²) in [5.74, 6) is -0.548. The van der Waals surface area contributed by atoms with Gasteiger partial charge in [-0.15, -0.1) is 6.58 Å². The van der Waals surface area contributed by atoms with Crippen LogP contribution in [0.5, 0.6) is 0 Å². The molecule has 3 nitrogen and oxygen atoms in total. The maximum atomic E-state index is 10.3. The van der Waals surface area contributed by atoms with E-state index < -0.39 is 11.9 Å². The second-order valence-electron chi connectivity index (χ2n) is 5.11. The zero-order valence-corrected chi connectivity index (χ0v) is 10.1. The van der Waals surface area contributed by atoms with Gasteiger partial charge in [-0.3, -0.25) is 0 Å². The van der Waals surface area contributed by atoms with Crippen molar-refractivity contribution in [2.45, 2.75) is 50.9 Å². The van der Waals surface area contributed by atoms with Crippen molar-refractivity contribution in [2.24, 2.45) is 5.41 Å². The first-order chi connectivity index (χ1) is 7.65. The van der Waals surface area contributed by atoms with Gasteiger partial charge in [0.25, 0.3) is 0 Å². The normalized spacial score (nSPS) is 35.1.